The fourth-order valence-corrected chi connectivity index (χ4v) is 2.34. The van der Waals surface area contributed by atoms with E-state index in [4.69, 9.17) is 26.3 Å². The lowest BCUT2D eigenvalue weighted by Crippen LogP contribution is -2.17. The minimum atomic E-state index is -0.316. The molecular weight excluding hydrogens is 304 g/mol. The predicted molar refractivity (Wildman–Crippen MR) is 81.6 cm³/mol. The Balaban J connectivity index is 1.82. The van der Waals surface area contributed by atoms with Crippen LogP contribution in [0.25, 0.3) is 0 Å². The first kappa shape index (κ1) is 14.2. The molecule has 0 atom stereocenters. The lowest BCUT2D eigenvalue weighted by molar-refractivity contribution is 0.102. The summed E-state index contributed by atoms with van der Waals surface area (Å²) in [6.07, 6.45) is 0. The molecule has 2 aromatic carbocycles. The van der Waals surface area contributed by atoms with Crippen LogP contribution < -0.4 is 14.8 Å². The molecule has 0 bridgehead atoms. The maximum Gasteiger partial charge on any atom is 0.255 e. The zero-order valence-corrected chi connectivity index (χ0v) is 12.2. The number of amides is 1. The molecule has 0 aromatic heterocycles. The Bertz CT molecular complexity index is 766. The zero-order valence-electron chi connectivity index (χ0n) is 11.4. The van der Waals surface area contributed by atoms with E-state index in [0.717, 1.165) is 0 Å². The van der Waals surface area contributed by atoms with Gasteiger partial charge in [0.2, 0.25) is 0 Å². The standard InChI is InChI=1S/C16H11ClN2O3/c17-13-7-11(8-14-15(13)22-6-5-21-14)16(20)19-12-3-1-10(9-18)2-4-12/h1-4,7-8H,5-6H2,(H,19,20). The van der Waals surface area contributed by atoms with Crippen molar-refractivity contribution in [3.8, 4) is 17.6 Å². The number of anilines is 1. The highest BCUT2D eigenvalue weighted by Crippen LogP contribution is 2.38. The molecular formula is C16H11ClN2O3. The highest BCUT2D eigenvalue weighted by atomic mass is 35.5. The van der Waals surface area contributed by atoms with Gasteiger partial charge in [-0.15, -0.1) is 0 Å². The fraction of sp³-hybridized carbons (Fsp3) is 0.125. The quantitative estimate of drug-likeness (QED) is 0.923. The molecule has 0 aliphatic carbocycles. The molecule has 110 valence electrons. The van der Waals surface area contributed by atoms with Crippen LogP contribution in [-0.2, 0) is 0 Å². The Labute approximate surface area is 132 Å². The Morgan fingerprint density at radius 2 is 1.91 bits per heavy atom. The van der Waals surface area contributed by atoms with Gasteiger partial charge in [0.15, 0.2) is 11.5 Å². The van der Waals surface area contributed by atoms with Crippen molar-refractivity contribution in [2.45, 2.75) is 0 Å². The molecule has 0 radical (unpaired) electrons. The third-order valence-corrected chi connectivity index (χ3v) is 3.41. The number of nitrogens with one attached hydrogen (secondary N) is 1. The topological polar surface area (TPSA) is 71.4 Å². The smallest absolute Gasteiger partial charge is 0.255 e. The number of rotatable bonds is 2. The van der Waals surface area contributed by atoms with Crippen molar-refractivity contribution < 1.29 is 14.3 Å². The van der Waals surface area contributed by atoms with E-state index in [1.807, 2.05) is 6.07 Å². The molecule has 1 aliphatic heterocycles. The maximum absolute atomic E-state index is 12.3. The Morgan fingerprint density at radius 1 is 1.18 bits per heavy atom. The van der Waals surface area contributed by atoms with E-state index < -0.39 is 0 Å². The summed E-state index contributed by atoms with van der Waals surface area (Å²) >= 11 is 6.11. The molecule has 1 heterocycles. The van der Waals surface area contributed by atoms with Gasteiger partial charge in [-0.05, 0) is 36.4 Å². The number of nitrogens with zero attached hydrogens (tertiary/aromatic N) is 1. The van der Waals surface area contributed by atoms with Gasteiger partial charge in [-0.2, -0.15) is 5.26 Å². The summed E-state index contributed by atoms with van der Waals surface area (Å²) in [5.74, 6) is 0.607. The number of nitriles is 1. The average Bonchev–Trinajstić information content (AvgIpc) is 2.55. The van der Waals surface area contributed by atoms with E-state index in [2.05, 4.69) is 5.32 Å². The molecule has 0 saturated heterocycles. The lowest BCUT2D eigenvalue weighted by atomic mass is 10.1. The Kier molecular flexibility index (Phi) is 3.86. The van der Waals surface area contributed by atoms with E-state index in [1.165, 1.54) is 6.07 Å². The monoisotopic (exact) mass is 314 g/mol. The highest BCUT2D eigenvalue weighted by Gasteiger charge is 2.19. The van der Waals surface area contributed by atoms with Crippen molar-refractivity contribution in [1.82, 2.24) is 0 Å². The van der Waals surface area contributed by atoms with Crippen molar-refractivity contribution in [2.24, 2.45) is 0 Å². The molecule has 0 saturated carbocycles. The van der Waals surface area contributed by atoms with Crippen LogP contribution in [-0.4, -0.2) is 19.1 Å². The van der Waals surface area contributed by atoms with Crippen molar-refractivity contribution in [3.63, 3.8) is 0 Å². The summed E-state index contributed by atoms with van der Waals surface area (Å²) in [6.45, 7) is 0.855. The van der Waals surface area contributed by atoms with Gasteiger partial charge in [-0.25, -0.2) is 0 Å². The van der Waals surface area contributed by atoms with Gasteiger partial charge < -0.3 is 14.8 Å². The van der Waals surface area contributed by atoms with E-state index in [0.29, 0.717) is 46.5 Å². The molecule has 2 aromatic rings. The largest absolute Gasteiger partial charge is 0.486 e. The van der Waals surface area contributed by atoms with Gasteiger partial charge in [-0.1, -0.05) is 11.6 Å². The average molecular weight is 315 g/mol. The van der Waals surface area contributed by atoms with Gasteiger partial charge in [0, 0.05) is 11.3 Å². The SMILES string of the molecule is N#Cc1ccc(NC(=O)c2cc(Cl)c3c(c2)OCCO3)cc1. The molecule has 1 N–H and O–H groups in total. The van der Waals surface area contributed by atoms with Crippen molar-refractivity contribution in [3.05, 3.63) is 52.5 Å². The number of fused-ring (bicyclic) bond motifs is 1. The van der Waals surface area contributed by atoms with Gasteiger partial charge in [-0.3, -0.25) is 4.79 Å². The molecule has 3 rings (SSSR count). The number of carbonyl (C=O) groups excluding carboxylic acids is 1. The van der Waals surface area contributed by atoms with Crippen LogP contribution in [0.3, 0.4) is 0 Å². The van der Waals surface area contributed by atoms with E-state index >= 15 is 0 Å². The number of halogens is 1. The molecule has 5 nitrogen and oxygen atoms in total. The molecule has 0 spiro atoms. The number of ether oxygens (including phenoxy) is 2. The molecule has 1 aliphatic rings. The first-order chi connectivity index (χ1) is 10.7. The van der Waals surface area contributed by atoms with Crippen LogP contribution in [0.4, 0.5) is 5.69 Å². The van der Waals surface area contributed by atoms with Crippen LogP contribution in [0.5, 0.6) is 11.5 Å². The van der Waals surface area contributed by atoms with Crippen LogP contribution in [0.2, 0.25) is 5.02 Å². The summed E-state index contributed by atoms with van der Waals surface area (Å²) in [5, 5.41) is 11.8. The first-order valence-electron chi connectivity index (χ1n) is 6.58. The van der Waals surface area contributed by atoms with E-state index in [-0.39, 0.29) is 5.91 Å². The summed E-state index contributed by atoms with van der Waals surface area (Å²) in [4.78, 5) is 12.3. The number of benzene rings is 2. The zero-order chi connectivity index (χ0) is 15.5. The van der Waals surface area contributed by atoms with Crippen LogP contribution in [0, 0.1) is 11.3 Å². The van der Waals surface area contributed by atoms with Crippen LogP contribution in [0.15, 0.2) is 36.4 Å². The second-order valence-corrected chi connectivity index (χ2v) is 5.03. The number of hydrogen-bond acceptors (Lipinski definition) is 4. The Hall–Kier alpha value is -2.71. The van der Waals surface area contributed by atoms with Gasteiger partial charge >= 0.3 is 0 Å². The van der Waals surface area contributed by atoms with Gasteiger partial charge in [0.05, 0.1) is 16.7 Å². The fourth-order valence-electron chi connectivity index (χ4n) is 2.07. The maximum atomic E-state index is 12.3. The highest BCUT2D eigenvalue weighted by molar-refractivity contribution is 6.32. The van der Waals surface area contributed by atoms with E-state index in [9.17, 15) is 4.79 Å². The second-order valence-electron chi connectivity index (χ2n) is 4.63. The van der Waals surface area contributed by atoms with Crippen molar-refractivity contribution in [1.29, 1.82) is 5.26 Å². The molecule has 0 unspecified atom stereocenters. The summed E-state index contributed by atoms with van der Waals surface area (Å²) in [6, 6.07) is 11.7. The van der Waals surface area contributed by atoms with Gasteiger partial charge in [0.25, 0.3) is 5.91 Å². The van der Waals surface area contributed by atoms with Gasteiger partial charge in [0.1, 0.15) is 13.2 Å². The van der Waals surface area contributed by atoms with Crippen molar-refractivity contribution in [2.75, 3.05) is 18.5 Å². The summed E-state index contributed by atoms with van der Waals surface area (Å²) in [7, 11) is 0. The van der Waals surface area contributed by atoms with Crippen LogP contribution >= 0.6 is 11.6 Å². The normalized spacial score (nSPS) is 12.4. The number of carbonyl (C=O) groups is 1. The molecule has 1 amide bonds. The summed E-state index contributed by atoms with van der Waals surface area (Å²) in [5.41, 5.74) is 1.49. The third-order valence-electron chi connectivity index (χ3n) is 3.13. The van der Waals surface area contributed by atoms with Crippen LogP contribution in [0.1, 0.15) is 15.9 Å². The van der Waals surface area contributed by atoms with E-state index in [1.54, 1.807) is 30.3 Å². The third kappa shape index (κ3) is 2.83. The second kappa shape index (κ2) is 5.96. The molecule has 22 heavy (non-hydrogen) atoms. The number of hydrogen-bond donors (Lipinski definition) is 1. The molecule has 0 fully saturated rings. The first-order valence-corrected chi connectivity index (χ1v) is 6.96. The minimum Gasteiger partial charge on any atom is -0.486 e. The lowest BCUT2D eigenvalue weighted by Gasteiger charge is -2.20. The molecule has 6 heteroatoms. The minimum absolute atomic E-state index is 0.316. The Morgan fingerprint density at radius 3 is 2.64 bits per heavy atom. The van der Waals surface area contributed by atoms with Crippen molar-refractivity contribution >= 4 is 23.2 Å². The predicted octanol–water partition coefficient (Wildman–Crippen LogP) is 3.24. The summed E-state index contributed by atoms with van der Waals surface area (Å²) < 4.78 is 10.9.